The fraction of sp³-hybridized carbons (Fsp3) is 0.0741. The second-order valence-electron chi connectivity index (χ2n) is 7.46. The lowest BCUT2D eigenvalue weighted by Gasteiger charge is -2.12. The Kier molecular flexibility index (Phi) is 5.12. The molecule has 0 unspecified atom stereocenters. The highest BCUT2D eigenvalue weighted by Crippen LogP contribution is 2.38. The molecule has 0 radical (unpaired) electrons. The van der Waals surface area contributed by atoms with E-state index in [2.05, 4.69) is 102 Å². The monoisotopic (exact) mass is 484 g/mol. The lowest BCUT2D eigenvalue weighted by atomic mass is 10.0. The van der Waals surface area contributed by atoms with Gasteiger partial charge in [0.25, 0.3) is 0 Å². The summed E-state index contributed by atoms with van der Waals surface area (Å²) in [7, 11) is 0. The number of hydrogen-bond donors (Lipinski definition) is 0. The van der Waals surface area contributed by atoms with Crippen molar-refractivity contribution in [2.75, 3.05) is 6.54 Å². The highest BCUT2D eigenvalue weighted by Gasteiger charge is 2.17. The second kappa shape index (κ2) is 7.95. The minimum absolute atomic E-state index is 0. The van der Waals surface area contributed by atoms with Crippen LogP contribution in [0, 0.1) is 0 Å². The summed E-state index contributed by atoms with van der Waals surface area (Å²) in [6, 6.07) is 32.6. The van der Waals surface area contributed by atoms with E-state index in [0.29, 0.717) is 0 Å². The summed E-state index contributed by atoms with van der Waals surface area (Å²) < 4.78 is 3.67. The zero-order valence-electron chi connectivity index (χ0n) is 17.1. The fourth-order valence-electron chi connectivity index (χ4n) is 4.51. The molecule has 0 saturated carbocycles. The Hall–Kier alpha value is -2.95. The van der Waals surface area contributed by atoms with Crippen molar-refractivity contribution in [1.82, 2.24) is 4.57 Å². The number of thiazole rings is 1. The maximum atomic E-state index is 4.92. The Morgan fingerprint density at radius 2 is 1.26 bits per heavy atom. The van der Waals surface area contributed by atoms with Gasteiger partial charge in [-0.1, -0.05) is 96.3 Å². The van der Waals surface area contributed by atoms with Gasteiger partial charge in [0.1, 0.15) is 0 Å². The van der Waals surface area contributed by atoms with E-state index < -0.39 is 0 Å². The molecule has 0 saturated heterocycles. The van der Waals surface area contributed by atoms with Crippen molar-refractivity contribution >= 4 is 70.9 Å². The second-order valence-corrected chi connectivity index (χ2v) is 8.44. The smallest absolute Gasteiger partial charge is 0.190 e. The van der Waals surface area contributed by atoms with Gasteiger partial charge in [0, 0.05) is 22.7 Å². The van der Waals surface area contributed by atoms with Gasteiger partial charge in [0.2, 0.25) is 0 Å². The van der Waals surface area contributed by atoms with Crippen LogP contribution in [0.5, 0.6) is 0 Å². The fourth-order valence-corrected chi connectivity index (χ4v) is 5.76. The average Bonchev–Trinajstić information content (AvgIpc) is 3.18. The summed E-state index contributed by atoms with van der Waals surface area (Å²) in [4.78, 5) is 5.97. The summed E-state index contributed by atoms with van der Waals surface area (Å²) in [5, 5.41) is 7.64. The minimum Gasteiger partial charge on any atom is -0.284 e. The normalized spacial score (nSPS) is 12.1. The predicted octanol–water partition coefficient (Wildman–Crippen LogP) is 7.65. The van der Waals surface area contributed by atoms with Crippen LogP contribution in [0.2, 0.25) is 0 Å². The van der Waals surface area contributed by atoms with Gasteiger partial charge in [-0.3, -0.25) is 9.56 Å². The predicted molar refractivity (Wildman–Crippen MR) is 140 cm³/mol. The van der Waals surface area contributed by atoms with Crippen LogP contribution in [-0.4, -0.2) is 11.1 Å². The van der Waals surface area contributed by atoms with Crippen molar-refractivity contribution in [2.45, 2.75) is 6.92 Å². The van der Waals surface area contributed by atoms with E-state index in [1.54, 1.807) is 11.3 Å². The van der Waals surface area contributed by atoms with E-state index in [1.807, 2.05) is 0 Å². The molecule has 0 bridgehead atoms. The Labute approximate surface area is 194 Å². The molecule has 0 amide bonds. The molecule has 1 heterocycles. The van der Waals surface area contributed by atoms with Crippen LogP contribution in [0.1, 0.15) is 6.92 Å². The molecule has 0 atom stereocenters. The first-order valence-corrected chi connectivity index (χ1v) is 11.1. The lowest BCUT2D eigenvalue weighted by molar-refractivity contribution is 0.978. The molecule has 0 aliphatic carbocycles. The van der Waals surface area contributed by atoms with Gasteiger partial charge in [0.15, 0.2) is 4.80 Å². The molecule has 0 fully saturated rings. The third-order valence-electron chi connectivity index (χ3n) is 5.77. The van der Waals surface area contributed by atoms with Gasteiger partial charge in [-0.2, -0.15) is 0 Å². The van der Waals surface area contributed by atoms with Gasteiger partial charge in [-0.25, -0.2) is 0 Å². The van der Waals surface area contributed by atoms with Gasteiger partial charge >= 0.3 is 0 Å². The summed E-state index contributed by atoms with van der Waals surface area (Å²) in [5.74, 6) is 0. The molecular weight excluding hydrogens is 464 g/mol. The van der Waals surface area contributed by atoms with Crippen LogP contribution in [-0.2, 0) is 0 Å². The Bertz CT molecular complexity index is 1640. The molecule has 5 aromatic carbocycles. The molecule has 1 aromatic heterocycles. The maximum absolute atomic E-state index is 4.92. The van der Waals surface area contributed by atoms with E-state index in [-0.39, 0.29) is 17.0 Å². The van der Waals surface area contributed by atoms with Gasteiger partial charge < -0.3 is 0 Å². The Morgan fingerprint density at radius 1 is 0.677 bits per heavy atom. The number of nitrogens with zero attached hydrogens (tertiary/aromatic N) is 2. The number of benzene rings is 5. The third-order valence-corrected chi connectivity index (χ3v) is 6.88. The highest BCUT2D eigenvalue weighted by molar-refractivity contribution is 8.93. The summed E-state index contributed by atoms with van der Waals surface area (Å²) in [6.07, 6.45) is 0. The molecule has 0 spiro atoms. The SMILES string of the molecule is Br.CCN=c1sc2c3ccccc3c3ccccc3c2n1-c1cccc2ccccc12. The first-order chi connectivity index (χ1) is 14.9. The topological polar surface area (TPSA) is 17.3 Å². The molecule has 0 N–H and O–H groups in total. The Balaban J connectivity index is 0.00000204. The van der Waals surface area contributed by atoms with Crippen molar-refractivity contribution < 1.29 is 0 Å². The molecular formula is C27H21BrN2S. The molecule has 2 nitrogen and oxygen atoms in total. The lowest BCUT2D eigenvalue weighted by Crippen LogP contribution is -2.13. The molecule has 6 aromatic rings. The molecule has 4 heteroatoms. The van der Waals surface area contributed by atoms with Crippen LogP contribution in [0.4, 0.5) is 0 Å². The average molecular weight is 485 g/mol. The van der Waals surface area contributed by atoms with E-state index >= 15 is 0 Å². The quantitative estimate of drug-likeness (QED) is 0.224. The maximum Gasteiger partial charge on any atom is 0.190 e. The molecule has 0 aliphatic heterocycles. The van der Waals surface area contributed by atoms with Crippen LogP contribution in [0.25, 0.3) is 48.2 Å². The van der Waals surface area contributed by atoms with Gasteiger partial charge in [-0.05, 0) is 29.1 Å². The third kappa shape index (κ3) is 3.01. The zero-order valence-corrected chi connectivity index (χ0v) is 19.6. The Morgan fingerprint density at radius 3 is 2.00 bits per heavy atom. The van der Waals surface area contributed by atoms with Crippen molar-refractivity contribution in [3.8, 4) is 5.69 Å². The van der Waals surface area contributed by atoms with Crippen LogP contribution < -0.4 is 4.80 Å². The molecule has 152 valence electrons. The molecule has 0 aliphatic rings. The van der Waals surface area contributed by atoms with Crippen LogP contribution >= 0.6 is 28.3 Å². The van der Waals surface area contributed by atoms with Gasteiger partial charge in [-0.15, -0.1) is 17.0 Å². The number of hydrogen-bond acceptors (Lipinski definition) is 2. The first kappa shape index (κ1) is 20.0. The van der Waals surface area contributed by atoms with Crippen molar-refractivity contribution in [2.24, 2.45) is 4.99 Å². The van der Waals surface area contributed by atoms with E-state index in [4.69, 9.17) is 4.99 Å². The number of fused-ring (bicyclic) bond motifs is 7. The summed E-state index contributed by atoms with van der Waals surface area (Å²) in [6.45, 7) is 2.86. The van der Waals surface area contributed by atoms with Crippen molar-refractivity contribution in [1.29, 1.82) is 0 Å². The van der Waals surface area contributed by atoms with Crippen molar-refractivity contribution in [3.63, 3.8) is 0 Å². The zero-order chi connectivity index (χ0) is 20.1. The standard InChI is InChI=1S/C27H20N2S.BrH/c1-2-28-27-29(24-17-9-11-18-10-3-4-12-19(18)24)25-22-15-7-5-13-20(22)21-14-6-8-16-23(21)26(25)30-27;/h3-17H,2H2,1H3;1H. The van der Waals surface area contributed by atoms with E-state index in [9.17, 15) is 0 Å². The first-order valence-electron chi connectivity index (χ1n) is 10.3. The van der Waals surface area contributed by atoms with Crippen LogP contribution in [0.15, 0.2) is 96.0 Å². The minimum atomic E-state index is 0. The number of rotatable bonds is 2. The van der Waals surface area contributed by atoms with E-state index in [1.165, 1.54) is 48.2 Å². The summed E-state index contributed by atoms with van der Waals surface area (Å²) in [5.41, 5.74) is 2.44. The van der Waals surface area contributed by atoms with Crippen LogP contribution in [0.3, 0.4) is 0 Å². The molecule has 31 heavy (non-hydrogen) atoms. The van der Waals surface area contributed by atoms with E-state index in [0.717, 1.165) is 11.3 Å². The number of aromatic nitrogens is 1. The summed E-state index contributed by atoms with van der Waals surface area (Å²) >= 11 is 1.79. The molecule has 6 rings (SSSR count). The highest BCUT2D eigenvalue weighted by atomic mass is 79.9. The van der Waals surface area contributed by atoms with Gasteiger partial charge in [0.05, 0.1) is 15.9 Å². The largest absolute Gasteiger partial charge is 0.284 e. The number of halogens is 1. The van der Waals surface area contributed by atoms with Crippen molar-refractivity contribution in [3.05, 3.63) is 95.8 Å².